The number of nitrogens with one attached hydrogen (secondary N) is 1. The number of hydrogen-bond acceptors (Lipinski definition) is 3. The molecule has 0 aliphatic heterocycles. The fourth-order valence-electron chi connectivity index (χ4n) is 1.96. The van der Waals surface area contributed by atoms with Crippen LogP contribution in [0.5, 0.6) is 0 Å². The van der Waals surface area contributed by atoms with Crippen molar-refractivity contribution in [2.45, 2.75) is 38.1 Å². The van der Waals surface area contributed by atoms with Gasteiger partial charge in [0.05, 0.1) is 20.5 Å². The highest BCUT2D eigenvalue weighted by molar-refractivity contribution is 7.89. The summed E-state index contributed by atoms with van der Waals surface area (Å²) in [4.78, 5) is 11.9. The van der Waals surface area contributed by atoms with Gasteiger partial charge < -0.3 is 5.32 Å². The summed E-state index contributed by atoms with van der Waals surface area (Å²) in [5, 5.41) is 7.77. The standard InChI is InChI=1S/C13H18Cl2N2O3S/c1-7(2)4-8(3)17-13(18)10-5-9(21(16,19)20)6-11(14)12(10)15/h5-8H,4H2,1-3H3,(H,17,18)(H2,16,19,20). The van der Waals surface area contributed by atoms with E-state index in [4.69, 9.17) is 28.3 Å². The van der Waals surface area contributed by atoms with Crippen LogP contribution in [0.2, 0.25) is 10.0 Å². The van der Waals surface area contributed by atoms with Gasteiger partial charge in [0.2, 0.25) is 10.0 Å². The summed E-state index contributed by atoms with van der Waals surface area (Å²) < 4.78 is 22.8. The van der Waals surface area contributed by atoms with Crippen LogP contribution in [0.1, 0.15) is 37.6 Å². The van der Waals surface area contributed by atoms with Crippen molar-refractivity contribution in [2.24, 2.45) is 11.1 Å². The molecule has 0 aliphatic carbocycles. The first-order chi connectivity index (χ1) is 9.52. The number of rotatable bonds is 5. The van der Waals surface area contributed by atoms with Crippen LogP contribution in [0.4, 0.5) is 0 Å². The van der Waals surface area contributed by atoms with Gasteiger partial charge in [-0.1, -0.05) is 37.0 Å². The molecule has 0 fully saturated rings. The van der Waals surface area contributed by atoms with Crippen LogP contribution >= 0.6 is 23.2 Å². The van der Waals surface area contributed by atoms with Gasteiger partial charge in [0.15, 0.2) is 0 Å². The van der Waals surface area contributed by atoms with Crippen LogP contribution in [-0.4, -0.2) is 20.4 Å². The molecule has 1 atom stereocenters. The average molecular weight is 353 g/mol. The number of carbonyl (C=O) groups excluding carboxylic acids is 1. The van der Waals surface area contributed by atoms with Gasteiger partial charge in [-0.3, -0.25) is 4.79 Å². The van der Waals surface area contributed by atoms with Crippen molar-refractivity contribution in [3.8, 4) is 0 Å². The van der Waals surface area contributed by atoms with E-state index in [0.717, 1.165) is 18.6 Å². The molecule has 0 heterocycles. The summed E-state index contributed by atoms with van der Waals surface area (Å²) >= 11 is 11.8. The Labute approximate surface area is 134 Å². The predicted molar refractivity (Wildman–Crippen MR) is 84.2 cm³/mol. The SMILES string of the molecule is CC(C)CC(C)NC(=O)c1cc(S(N)(=O)=O)cc(Cl)c1Cl. The molecule has 0 saturated heterocycles. The van der Waals surface area contributed by atoms with Crippen LogP contribution in [0, 0.1) is 5.92 Å². The van der Waals surface area contributed by atoms with E-state index < -0.39 is 15.9 Å². The van der Waals surface area contributed by atoms with E-state index in [1.807, 2.05) is 20.8 Å². The summed E-state index contributed by atoms with van der Waals surface area (Å²) in [6.07, 6.45) is 0.784. The molecular formula is C13H18Cl2N2O3S. The van der Waals surface area contributed by atoms with Crippen molar-refractivity contribution in [3.63, 3.8) is 0 Å². The maximum atomic E-state index is 12.2. The summed E-state index contributed by atoms with van der Waals surface area (Å²) in [6.45, 7) is 5.93. The minimum Gasteiger partial charge on any atom is -0.350 e. The van der Waals surface area contributed by atoms with Crippen molar-refractivity contribution in [3.05, 3.63) is 27.7 Å². The third kappa shape index (κ3) is 5.14. The largest absolute Gasteiger partial charge is 0.350 e. The molecule has 0 saturated carbocycles. The van der Waals surface area contributed by atoms with E-state index in [1.165, 1.54) is 0 Å². The van der Waals surface area contributed by atoms with Crippen LogP contribution in [-0.2, 0) is 10.0 Å². The highest BCUT2D eigenvalue weighted by Gasteiger charge is 2.20. The van der Waals surface area contributed by atoms with Gasteiger partial charge in [-0.25, -0.2) is 13.6 Å². The molecular weight excluding hydrogens is 335 g/mol. The van der Waals surface area contributed by atoms with Crippen molar-refractivity contribution >= 4 is 39.1 Å². The molecule has 3 N–H and O–H groups in total. The minimum absolute atomic E-state index is 0.00156. The number of halogens is 2. The summed E-state index contributed by atoms with van der Waals surface area (Å²) in [6, 6.07) is 2.17. The molecule has 1 rings (SSSR count). The first kappa shape index (κ1) is 18.2. The van der Waals surface area contributed by atoms with Gasteiger partial charge in [0.25, 0.3) is 5.91 Å². The number of primary sulfonamides is 1. The molecule has 0 spiro atoms. The Hall–Kier alpha value is -0.820. The number of sulfonamides is 1. The molecule has 21 heavy (non-hydrogen) atoms. The Morgan fingerprint density at radius 3 is 2.33 bits per heavy atom. The molecule has 0 radical (unpaired) electrons. The normalized spacial score (nSPS) is 13.3. The fourth-order valence-corrected chi connectivity index (χ4v) is 3.00. The monoisotopic (exact) mass is 352 g/mol. The molecule has 0 aliphatic rings. The lowest BCUT2D eigenvalue weighted by molar-refractivity contribution is 0.0936. The van der Waals surface area contributed by atoms with E-state index in [-0.39, 0.29) is 26.5 Å². The highest BCUT2D eigenvalue weighted by atomic mass is 35.5. The van der Waals surface area contributed by atoms with E-state index in [0.29, 0.717) is 5.92 Å². The smallest absolute Gasteiger partial charge is 0.253 e. The zero-order valence-corrected chi connectivity index (χ0v) is 14.3. The van der Waals surface area contributed by atoms with E-state index in [1.54, 1.807) is 0 Å². The summed E-state index contributed by atoms with van der Waals surface area (Å²) in [7, 11) is -3.97. The Morgan fingerprint density at radius 1 is 1.29 bits per heavy atom. The molecule has 118 valence electrons. The summed E-state index contributed by atoms with van der Waals surface area (Å²) in [5.41, 5.74) is -0.0104. The molecule has 0 bridgehead atoms. The number of carbonyl (C=O) groups is 1. The topological polar surface area (TPSA) is 89.3 Å². The molecule has 1 aromatic rings. The maximum absolute atomic E-state index is 12.2. The highest BCUT2D eigenvalue weighted by Crippen LogP contribution is 2.29. The van der Waals surface area contributed by atoms with Crippen LogP contribution in [0.25, 0.3) is 0 Å². The van der Waals surface area contributed by atoms with Crippen LogP contribution in [0.3, 0.4) is 0 Å². The van der Waals surface area contributed by atoms with E-state index in [2.05, 4.69) is 5.32 Å². The maximum Gasteiger partial charge on any atom is 0.253 e. The van der Waals surface area contributed by atoms with E-state index in [9.17, 15) is 13.2 Å². The van der Waals surface area contributed by atoms with Crippen LogP contribution in [0.15, 0.2) is 17.0 Å². The third-order valence-electron chi connectivity index (χ3n) is 2.78. The zero-order valence-electron chi connectivity index (χ0n) is 12.0. The first-order valence-corrected chi connectivity index (χ1v) is 8.65. The molecule has 1 unspecified atom stereocenters. The fraction of sp³-hybridized carbons (Fsp3) is 0.462. The summed E-state index contributed by atoms with van der Waals surface area (Å²) in [5.74, 6) is -0.0735. The number of hydrogen-bond donors (Lipinski definition) is 2. The Bertz CT molecular complexity index is 645. The van der Waals surface area contributed by atoms with Gasteiger partial charge in [0, 0.05) is 6.04 Å². The van der Waals surface area contributed by atoms with Gasteiger partial charge in [-0.2, -0.15) is 0 Å². The molecule has 8 heteroatoms. The lowest BCUT2D eigenvalue weighted by Gasteiger charge is -2.17. The van der Waals surface area contributed by atoms with Crippen molar-refractivity contribution in [2.75, 3.05) is 0 Å². The number of benzene rings is 1. The second-order valence-corrected chi connectivity index (χ2v) is 7.66. The number of nitrogens with two attached hydrogens (primary N) is 1. The molecule has 1 aromatic carbocycles. The second-order valence-electron chi connectivity index (χ2n) is 5.32. The lowest BCUT2D eigenvalue weighted by Crippen LogP contribution is -2.33. The van der Waals surface area contributed by atoms with Gasteiger partial charge in [0.1, 0.15) is 0 Å². The van der Waals surface area contributed by atoms with Gasteiger partial charge >= 0.3 is 0 Å². The van der Waals surface area contributed by atoms with E-state index >= 15 is 0 Å². The quantitative estimate of drug-likeness (QED) is 0.853. The molecule has 5 nitrogen and oxygen atoms in total. The van der Waals surface area contributed by atoms with Crippen molar-refractivity contribution < 1.29 is 13.2 Å². The average Bonchev–Trinajstić information content (AvgIpc) is 2.29. The second kappa shape index (κ2) is 6.96. The Morgan fingerprint density at radius 2 is 1.86 bits per heavy atom. The van der Waals surface area contributed by atoms with Gasteiger partial charge in [-0.15, -0.1) is 0 Å². The first-order valence-electron chi connectivity index (χ1n) is 6.35. The van der Waals surface area contributed by atoms with Crippen LogP contribution < -0.4 is 10.5 Å². The van der Waals surface area contributed by atoms with Crippen molar-refractivity contribution in [1.82, 2.24) is 5.32 Å². The Balaban J connectivity index is 3.12. The number of amides is 1. The third-order valence-corrected chi connectivity index (χ3v) is 4.47. The predicted octanol–water partition coefficient (Wildman–Crippen LogP) is 2.81. The Kier molecular flexibility index (Phi) is 6.04. The van der Waals surface area contributed by atoms with Crippen molar-refractivity contribution in [1.29, 1.82) is 0 Å². The lowest BCUT2D eigenvalue weighted by atomic mass is 10.0. The molecule has 0 aromatic heterocycles. The molecule has 1 amide bonds. The van der Waals surface area contributed by atoms with Gasteiger partial charge in [-0.05, 0) is 31.4 Å². The zero-order chi connectivity index (χ0) is 16.4. The minimum atomic E-state index is -3.97.